The van der Waals surface area contributed by atoms with Gasteiger partial charge < -0.3 is 10.6 Å². The molecule has 2 aromatic rings. The minimum atomic E-state index is -0.180. The van der Waals surface area contributed by atoms with E-state index in [1.54, 1.807) is 18.5 Å². The highest BCUT2D eigenvalue weighted by atomic mass is 16.2. The summed E-state index contributed by atoms with van der Waals surface area (Å²) in [7, 11) is 0. The number of carbonyl (C=O) groups is 1. The number of aromatic nitrogens is 1. The highest BCUT2D eigenvalue weighted by Gasteiger charge is 2.33. The lowest BCUT2D eigenvalue weighted by Crippen LogP contribution is -2.33. The van der Waals surface area contributed by atoms with Crippen LogP contribution in [-0.4, -0.2) is 11.0 Å². The van der Waals surface area contributed by atoms with Gasteiger partial charge in [0, 0.05) is 6.20 Å². The van der Waals surface area contributed by atoms with Crippen molar-refractivity contribution in [3.63, 3.8) is 0 Å². The summed E-state index contributed by atoms with van der Waals surface area (Å²) in [6.45, 7) is 2.07. The number of aryl methyl sites for hydroxylation is 1. The zero-order valence-electron chi connectivity index (χ0n) is 12.0. The normalized spacial score (nSPS) is 15.3. The minimum Gasteiger partial charge on any atom is -0.331 e. The van der Waals surface area contributed by atoms with Gasteiger partial charge in [-0.05, 0) is 43.4 Å². The maximum Gasteiger partial charge on any atom is 0.319 e. The van der Waals surface area contributed by atoms with Crippen LogP contribution in [0.3, 0.4) is 0 Å². The molecule has 1 atom stereocenters. The third-order valence-electron chi connectivity index (χ3n) is 3.74. The van der Waals surface area contributed by atoms with Gasteiger partial charge in [0.1, 0.15) is 0 Å². The van der Waals surface area contributed by atoms with E-state index >= 15 is 0 Å². The maximum absolute atomic E-state index is 12.1. The second-order valence-corrected chi connectivity index (χ2v) is 5.57. The molecule has 1 fully saturated rings. The minimum absolute atomic E-state index is 0.0854. The quantitative estimate of drug-likeness (QED) is 0.898. The molecule has 3 rings (SSSR count). The van der Waals surface area contributed by atoms with Crippen LogP contribution in [0.1, 0.15) is 30.0 Å². The van der Waals surface area contributed by atoms with E-state index in [0.717, 1.165) is 0 Å². The van der Waals surface area contributed by atoms with Crippen LogP contribution in [0.2, 0.25) is 0 Å². The number of nitrogens with zero attached hydrogens (tertiary/aromatic N) is 1. The van der Waals surface area contributed by atoms with E-state index < -0.39 is 0 Å². The number of hydrogen-bond acceptors (Lipinski definition) is 2. The fourth-order valence-electron chi connectivity index (χ4n) is 2.42. The third-order valence-corrected chi connectivity index (χ3v) is 3.74. The van der Waals surface area contributed by atoms with Crippen molar-refractivity contribution >= 4 is 11.7 Å². The van der Waals surface area contributed by atoms with Gasteiger partial charge in [0.25, 0.3) is 0 Å². The molecule has 1 aliphatic rings. The predicted molar refractivity (Wildman–Crippen MR) is 83.0 cm³/mol. The van der Waals surface area contributed by atoms with Crippen LogP contribution >= 0.6 is 0 Å². The van der Waals surface area contributed by atoms with E-state index in [-0.39, 0.29) is 12.1 Å². The van der Waals surface area contributed by atoms with Gasteiger partial charge in [0.2, 0.25) is 0 Å². The molecular formula is C17H19N3O. The maximum atomic E-state index is 12.1. The molecule has 2 N–H and O–H groups in total. The summed E-state index contributed by atoms with van der Waals surface area (Å²) in [5, 5.41) is 5.91. The fraction of sp³-hybridized carbons (Fsp3) is 0.294. The lowest BCUT2D eigenvalue weighted by atomic mass is 10.0. The lowest BCUT2D eigenvalue weighted by molar-refractivity contribution is 0.247. The van der Waals surface area contributed by atoms with E-state index in [1.807, 2.05) is 6.07 Å². The molecule has 1 saturated carbocycles. The second-order valence-electron chi connectivity index (χ2n) is 5.57. The molecule has 4 heteroatoms. The third kappa shape index (κ3) is 3.60. The molecule has 1 aromatic heterocycles. The van der Waals surface area contributed by atoms with E-state index in [4.69, 9.17) is 0 Å². The Kier molecular flexibility index (Phi) is 3.86. The Morgan fingerprint density at radius 1 is 1.24 bits per heavy atom. The predicted octanol–water partition coefficient (Wildman–Crippen LogP) is 3.66. The summed E-state index contributed by atoms with van der Waals surface area (Å²) in [6.07, 6.45) is 5.66. The summed E-state index contributed by atoms with van der Waals surface area (Å²) in [5.41, 5.74) is 3.10. The average molecular weight is 281 g/mol. The first-order valence-corrected chi connectivity index (χ1v) is 7.26. The van der Waals surface area contributed by atoms with Gasteiger partial charge >= 0.3 is 6.03 Å². The van der Waals surface area contributed by atoms with Crippen LogP contribution in [-0.2, 0) is 0 Å². The molecular weight excluding hydrogens is 262 g/mol. The van der Waals surface area contributed by atoms with Gasteiger partial charge in [-0.2, -0.15) is 0 Å². The fourth-order valence-corrected chi connectivity index (χ4v) is 2.42. The number of benzene rings is 1. The molecule has 0 aliphatic heterocycles. The monoisotopic (exact) mass is 281 g/mol. The van der Waals surface area contributed by atoms with E-state index in [0.29, 0.717) is 11.6 Å². The van der Waals surface area contributed by atoms with Crippen LogP contribution in [0.4, 0.5) is 10.5 Å². The van der Waals surface area contributed by atoms with Crippen molar-refractivity contribution < 1.29 is 4.79 Å². The highest BCUT2D eigenvalue weighted by molar-refractivity contribution is 5.89. The van der Waals surface area contributed by atoms with Crippen molar-refractivity contribution in [2.75, 3.05) is 5.32 Å². The van der Waals surface area contributed by atoms with Gasteiger partial charge in [0.05, 0.1) is 17.9 Å². The van der Waals surface area contributed by atoms with E-state index in [9.17, 15) is 4.79 Å². The average Bonchev–Trinajstić information content (AvgIpc) is 3.31. The molecule has 0 saturated heterocycles. The van der Waals surface area contributed by atoms with Crippen molar-refractivity contribution in [1.29, 1.82) is 0 Å². The lowest BCUT2D eigenvalue weighted by Gasteiger charge is -2.19. The molecule has 1 aliphatic carbocycles. The van der Waals surface area contributed by atoms with E-state index in [1.165, 1.54) is 24.0 Å². The molecule has 0 radical (unpaired) electrons. The standard InChI is InChI=1S/C17H19N3O/c1-12-4-6-13(7-5-12)16(14-8-9-14)20-17(21)19-15-3-2-10-18-11-15/h2-7,10-11,14,16H,8-9H2,1H3,(H2,19,20,21). The Bertz CT molecular complexity index is 606. The van der Waals surface area contributed by atoms with E-state index in [2.05, 4.69) is 46.8 Å². The zero-order valence-corrected chi connectivity index (χ0v) is 12.0. The van der Waals surface area contributed by atoms with Gasteiger partial charge in [0.15, 0.2) is 0 Å². The molecule has 21 heavy (non-hydrogen) atoms. The van der Waals surface area contributed by atoms with Crippen LogP contribution < -0.4 is 10.6 Å². The first-order chi connectivity index (χ1) is 10.2. The molecule has 4 nitrogen and oxygen atoms in total. The first-order valence-electron chi connectivity index (χ1n) is 7.26. The largest absolute Gasteiger partial charge is 0.331 e. The molecule has 0 spiro atoms. The second kappa shape index (κ2) is 5.95. The SMILES string of the molecule is Cc1ccc(C(NC(=O)Nc2cccnc2)C2CC2)cc1. The van der Waals surface area contributed by atoms with Crippen LogP contribution in [0.15, 0.2) is 48.8 Å². The van der Waals surface area contributed by atoms with Crippen molar-refractivity contribution in [1.82, 2.24) is 10.3 Å². The number of nitrogens with one attached hydrogen (secondary N) is 2. The molecule has 0 bridgehead atoms. The van der Waals surface area contributed by atoms with Crippen molar-refractivity contribution in [2.45, 2.75) is 25.8 Å². The van der Waals surface area contributed by atoms with Gasteiger partial charge in [-0.1, -0.05) is 29.8 Å². The van der Waals surface area contributed by atoms with Gasteiger partial charge in [-0.25, -0.2) is 4.79 Å². The number of amides is 2. The Morgan fingerprint density at radius 2 is 2.00 bits per heavy atom. The first kappa shape index (κ1) is 13.6. The Hall–Kier alpha value is -2.36. The highest BCUT2D eigenvalue weighted by Crippen LogP contribution is 2.41. The Labute approximate surface area is 124 Å². The summed E-state index contributed by atoms with van der Waals surface area (Å²) < 4.78 is 0. The van der Waals surface area contributed by atoms with Crippen molar-refractivity contribution in [3.8, 4) is 0 Å². The molecule has 1 heterocycles. The van der Waals surface area contributed by atoms with Gasteiger partial charge in [-0.15, -0.1) is 0 Å². The Balaban J connectivity index is 1.68. The number of rotatable bonds is 4. The number of urea groups is 1. The topological polar surface area (TPSA) is 54.0 Å². The smallest absolute Gasteiger partial charge is 0.319 e. The zero-order chi connectivity index (χ0) is 14.7. The van der Waals surface area contributed by atoms with Gasteiger partial charge in [-0.3, -0.25) is 4.98 Å². The van der Waals surface area contributed by atoms with Crippen LogP contribution in [0.5, 0.6) is 0 Å². The molecule has 2 amide bonds. The van der Waals surface area contributed by atoms with Crippen LogP contribution in [0.25, 0.3) is 0 Å². The summed E-state index contributed by atoms with van der Waals surface area (Å²) in [6, 6.07) is 11.9. The molecule has 1 unspecified atom stereocenters. The Morgan fingerprint density at radius 3 is 2.62 bits per heavy atom. The number of anilines is 1. The summed E-state index contributed by atoms with van der Waals surface area (Å²) >= 11 is 0. The number of hydrogen-bond donors (Lipinski definition) is 2. The number of carbonyl (C=O) groups excluding carboxylic acids is 1. The van der Waals surface area contributed by atoms with Crippen LogP contribution in [0, 0.1) is 12.8 Å². The van der Waals surface area contributed by atoms with Crippen molar-refractivity contribution in [2.24, 2.45) is 5.92 Å². The van der Waals surface area contributed by atoms with Crippen molar-refractivity contribution in [3.05, 3.63) is 59.9 Å². The number of pyridine rings is 1. The molecule has 1 aromatic carbocycles. The molecule has 108 valence electrons. The summed E-state index contributed by atoms with van der Waals surface area (Å²) in [5.74, 6) is 0.548. The summed E-state index contributed by atoms with van der Waals surface area (Å²) in [4.78, 5) is 16.1.